The molecule has 160 valence electrons. The molecule has 0 spiro atoms. The summed E-state index contributed by atoms with van der Waals surface area (Å²) < 4.78 is 0. The van der Waals surface area contributed by atoms with Gasteiger partial charge in [-0.15, -0.1) is 6.58 Å². The molecule has 0 amide bonds. The van der Waals surface area contributed by atoms with Crippen LogP contribution in [0.15, 0.2) is 78.7 Å². The van der Waals surface area contributed by atoms with Gasteiger partial charge in [0.15, 0.2) is 0 Å². The number of hydrogen-bond donors (Lipinski definition) is 3. The van der Waals surface area contributed by atoms with Crippen LogP contribution in [0.25, 0.3) is 0 Å². The van der Waals surface area contributed by atoms with E-state index in [1.54, 1.807) is 12.2 Å². The van der Waals surface area contributed by atoms with E-state index < -0.39 is 0 Å². The number of rotatable bonds is 8. The van der Waals surface area contributed by atoms with Crippen molar-refractivity contribution in [1.82, 2.24) is 14.8 Å². The molecule has 0 radical (unpaired) electrons. The predicted octanol–water partition coefficient (Wildman–Crippen LogP) is 3.44. The molecule has 6 heteroatoms. The summed E-state index contributed by atoms with van der Waals surface area (Å²) in [5, 5.41) is 20.3. The van der Waals surface area contributed by atoms with Gasteiger partial charge < -0.3 is 10.0 Å². The number of benzene rings is 1. The zero-order valence-electron chi connectivity index (χ0n) is 17.6. The van der Waals surface area contributed by atoms with Crippen molar-refractivity contribution < 1.29 is 5.11 Å². The van der Waals surface area contributed by atoms with Crippen LogP contribution in [0, 0.1) is 11.3 Å². The molecule has 1 aliphatic carbocycles. The minimum absolute atomic E-state index is 0.157. The van der Waals surface area contributed by atoms with Crippen molar-refractivity contribution in [1.29, 1.82) is 5.41 Å². The number of nitrogens with one attached hydrogen (secondary N) is 1. The van der Waals surface area contributed by atoms with E-state index in [-0.39, 0.29) is 17.5 Å². The Morgan fingerprint density at radius 2 is 1.83 bits per heavy atom. The molecule has 4 N–H and O–H groups in total. The van der Waals surface area contributed by atoms with E-state index in [0.717, 1.165) is 44.8 Å². The fourth-order valence-corrected chi connectivity index (χ4v) is 3.92. The van der Waals surface area contributed by atoms with E-state index >= 15 is 0 Å². The van der Waals surface area contributed by atoms with Gasteiger partial charge >= 0.3 is 0 Å². The summed E-state index contributed by atoms with van der Waals surface area (Å²) in [5.74, 6) is 6.39. The lowest BCUT2D eigenvalue weighted by Gasteiger charge is -2.35. The molecule has 6 nitrogen and oxygen atoms in total. The zero-order valence-corrected chi connectivity index (χ0v) is 17.6. The van der Waals surface area contributed by atoms with Crippen LogP contribution in [-0.2, 0) is 6.54 Å². The van der Waals surface area contributed by atoms with Crippen molar-refractivity contribution in [2.24, 2.45) is 11.8 Å². The first kappa shape index (κ1) is 22.0. The maximum Gasteiger partial charge on any atom is 0.125 e. The number of nitrogens with two attached hydrogens (primary N) is 1. The number of aliphatic hydroxyl groups excluding tert-OH is 1. The summed E-state index contributed by atoms with van der Waals surface area (Å²) in [5.41, 5.74) is 2.63. The Balaban J connectivity index is 1.47. The number of nitrogens with zero attached hydrogens (tertiary/aromatic N) is 3. The Morgan fingerprint density at radius 3 is 2.50 bits per heavy atom. The second-order valence-electron chi connectivity index (χ2n) is 7.93. The van der Waals surface area contributed by atoms with E-state index in [2.05, 4.69) is 47.2 Å². The van der Waals surface area contributed by atoms with Gasteiger partial charge in [0, 0.05) is 51.6 Å². The number of hydrogen-bond acceptors (Lipinski definition) is 5. The van der Waals surface area contributed by atoms with Gasteiger partial charge in [0.1, 0.15) is 11.6 Å². The van der Waals surface area contributed by atoms with Crippen LogP contribution in [0.3, 0.4) is 0 Å². The quantitative estimate of drug-likeness (QED) is 0.202. The molecule has 1 saturated heterocycles. The van der Waals surface area contributed by atoms with Gasteiger partial charge in [0.25, 0.3) is 0 Å². The number of allylic oxidation sites excluding steroid dienone is 4. The molecule has 30 heavy (non-hydrogen) atoms. The second kappa shape index (κ2) is 10.4. The molecule has 1 atom stereocenters. The molecular weight excluding hydrogens is 374 g/mol. The monoisotopic (exact) mass is 407 g/mol. The first-order valence-electron chi connectivity index (χ1n) is 10.5. The first-order valence-corrected chi connectivity index (χ1v) is 10.5. The molecule has 1 aromatic carbocycles. The lowest BCUT2D eigenvalue weighted by Crippen LogP contribution is -2.47. The van der Waals surface area contributed by atoms with Crippen LogP contribution >= 0.6 is 0 Å². The van der Waals surface area contributed by atoms with E-state index in [1.807, 2.05) is 12.1 Å². The highest BCUT2D eigenvalue weighted by molar-refractivity contribution is 5.81. The second-order valence-corrected chi connectivity index (χ2v) is 7.93. The molecule has 1 unspecified atom stereocenters. The average Bonchev–Trinajstić information content (AvgIpc) is 2.76. The first-order chi connectivity index (χ1) is 14.5. The Labute approximate surface area is 179 Å². The van der Waals surface area contributed by atoms with Crippen LogP contribution in [0.2, 0.25) is 0 Å². The topological polar surface area (TPSA) is 79.8 Å². The summed E-state index contributed by atoms with van der Waals surface area (Å²) in [6.07, 6.45) is 6.46. The normalized spacial score (nSPS) is 20.4. The van der Waals surface area contributed by atoms with E-state index in [1.165, 1.54) is 10.6 Å². The molecule has 0 aromatic heterocycles. The molecule has 3 rings (SSSR count). The summed E-state index contributed by atoms with van der Waals surface area (Å²) in [7, 11) is 0. The Kier molecular flexibility index (Phi) is 7.63. The number of hydrazine groups is 1. The molecular formula is C24H33N5O. The molecule has 1 aliphatic heterocycles. The fraction of sp³-hybridized carbons (Fsp3) is 0.375. The maximum absolute atomic E-state index is 10.6. The Morgan fingerprint density at radius 1 is 1.17 bits per heavy atom. The fourth-order valence-electron chi connectivity index (χ4n) is 3.92. The number of amidine groups is 1. The molecule has 1 fully saturated rings. The Bertz CT molecular complexity index is 821. The summed E-state index contributed by atoms with van der Waals surface area (Å²) in [6, 6.07) is 10.6. The van der Waals surface area contributed by atoms with Crippen molar-refractivity contribution in [2.45, 2.75) is 19.4 Å². The molecule has 1 aromatic rings. The standard InChI is InChI=1S/C24H33N5O/c1-3-7-21-19(2)10-11-22(24(21)30)29(26)23(25)12-13-27-14-16-28(17-15-27)18-20-8-5-4-6-9-20/h3-6,8-11,21,25,30H,1-2,7,12-18,26H2. The van der Waals surface area contributed by atoms with Crippen LogP contribution in [0.4, 0.5) is 0 Å². The van der Waals surface area contributed by atoms with Gasteiger partial charge in [-0.1, -0.05) is 49.1 Å². The van der Waals surface area contributed by atoms with Crippen LogP contribution in [-0.4, -0.2) is 58.5 Å². The van der Waals surface area contributed by atoms with Gasteiger partial charge in [-0.3, -0.25) is 15.3 Å². The predicted molar refractivity (Wildman–Crippen MR) is 123 cm³/mol. The van der Waals surface area contributed by atoms with Gasteiger partial charge in [0.2, 0.25) is 0 Å². The van der Waals surface area contributed by atoms with Crippen molar-refractivity contribution in [2.75, 3.05) is 32.7 Å². The summed E-state index contributed by atoms with van der Waals surface area (Å²) in [4.78, 5) is 4.84. The lowest BCUT2D eigenvalue weighted by molar-refractivity contribution is 0.129. The van der Waals surface area contributed by atoms with Crippen molar-refractivity contribution in [3.63, 3.8) is 0 Å². The molecule has 0 bridgehead atoms. The van der Waals surface area contributed by atoms with Crippen LogP contribution in [0.5, 0.6) is 0 Å². The van der Waals surface area contributed by atoms with E-state index in [9.17, 15) is 5.11 Å². The summed E-state index contributed by atoms with van der Waals surface area (Å²) >= 11 is 0. The third-order valence-corrected chi connectivity index (χ3v) is 5.83. The van der Waals surface area contributed by atoms with Gasteiger partial charge in [-0.2, -0.15) is 0 Å². The smallest absolute Gasteiger partial charge is 0.125 e. The maximum atomic E-state index is 10.6. The van der Waals surface area contributed by atoms with Crippen molar-refractivity contribution in [3.05, 3.63) is 84.3 Å². The SMILES string of the molecule is C=CCC1C(=C)C=CC(N(N)C(=N)CCN2CCN(Cc3ccccc3)CC2)=C1O. The highest BCUT2D eigenvalue weighted by Crippen LogP contribution is 2.30. The van der Waals surface area contributed by atoms with Gasteiger partial charge in [0.05, 0.1) is 5.70 Å². The van der Waals surface area contributed by atoms with Crippen LogP contribution < -0.4 is 5.84 Å². The van der Waals surface area contributed by atoms with Crippen LogP contribution in [0.1, 0.15) is 18.4 Å². The Hall–Kier alpha value is -2.67. The third-order valence-electron chi connectivity index (χ3n) is 5.83. The summed E-state index contributed by atoms with van der Waals surface area (Å²) in [6.45, 7) is 13.5. The number of aliphatic hydroxyl groups is 1. The highest BCUT2D eigenvalue weighted by Gasteiger charge is 2.25. The molecule has 1 heterocycles. The zero-order chi connectivity index (χ0) is 21.5. The lowest BCUT2D eigenvalue weighted by atomic mass is 9.89. The minimum Gasteiger partial charge on any atom is -0.509 e. The molecule has 0 saturated carbocycles. The van der Waals surface area contributed by atoms with Gasteiger partial charge in [-0.05, 0) is 23.6 Å². The third kappa shape index (κ3) is 5.48. The largest absolute Gasteiger partial charge is 0.509 e. The van der Waals surface area contributed by atoms with Crippen molar-refractivity contribution in [3.8, 4) is 0 Å². The minimum atomic E-state index is -0.223. The molecule has 2 aliphatic rings. The van der Waals surface area contributed by atoms with Crippen molar-refractivity contribution >= 4 is 5.84 Å². The van der Waals surface area contributed by atoms with E-state index in [4.69, 9.17) is 11.3 Å². The highest BCUT2D eigenvalue weighted by atomic mass is 16.3. The van der Waals surface area contributed by atoms with Gasteiger partial charge in [-0.25, -0.2) is 5.84 Å². The number of piperazine rings is 1. The average molecular weight is 408 g/mol. The van der Waals surface area contributed by atoms with E-state index in [0.29, 0.717) is 18.5 Å².